The molecule has 0 amide bonds. The fraction of sp³-hybridized carbons (Fsp3) is 0.643. The van der Waals surface area contributed by atoms with Gasteiger partial charge in [-0.05, 0) is 50.6 Å². The van der Waals surface area contributed by atoms with Crippen molar-refractivity contribution in [3.63, 3.8) is 0 Å². The first-order valence-corrected chi connectivity index (χ1v) is 6.66. The number of likely N-dealkylation sites (tertiary alicyclic amines) is 1. The molecule has 1 aliphatic heterocycles. The van der Waals surface area contributed by atoms with E-state index in [2.05, 4.69) is 41.0 Å². The molecule has 1 atom stereocenters. The summed E-state index contributed by atoms with van der Waals surface area (Å²) in [6, 6.07) is 4.16. The molecule has 4 heteroatoms. The van der Waals surface area contributed by atoms with Crippen LogP contribution in [0.2, 0.25) is 0 Å². The van der Waals surface area contributed by atoms with Crippen LogP contribution in [0.25, 0.3) is 0 Å². The molecule has 0 bridgehead atoms. The second-order valence-corrected chi connectivity index (χ2v) is 5.48. The van der Waals surface area contributed by atoms with Crippen LogP contribution in [-0.4, -0.2) is 43.6 Å². The third-order valence-electron chi connectivity index (χ3n) is 3.65. The lowest BCUT2D eigenvalue weighted by atomic mass is 10.1. The molecule has 1 aromatic heterocycles. The summed E-state index contributed by atoms with van der Waals surface area (Å²) in [5.74, 6) is 1.80. The van der Waals surface area contributed by atoms with Gasteiger partial charge in [0.15, 0.2) is 0 Å². The number of rotatable bonds is 4. The molecule has 4 nitrogen and oxygen atoms in total. The Bertz CT molecular complexity index is 405. The zero-order valence-corrected chi connectivity index (χ0v) is 11.7. The summed E-state index contributed by atoms with van der Waals surface area (Å²) in [5, 5.41) is 0. The molecule has 0 aliphatic carbocycles. The van der Waals surface area contributed by atoms with Crippen LogP contribution < -0.4 is 10.6 Å². The lowest BCUT2D eigenvalue weighted by molar-refractivity contribution is 0.395. The Balaban J connectivity index is 2.03. The average Bonchev–Trinajstić information content (AvgIpc) is 2.73. The van der Waals surface area contributed by atoms with Crippen molar-refractivity contribution in [1.29, 1.82) is 0 Å². The van der Waals surface area contributed by atoms with E-state index in [-0.39, 0.29) is 0 Å². The lowest BCUT2D eigenvalue weighted by Gasteiger charge is -2.23. The van der Waals surface area contributed by atoms with Crippen molar-refractivity contribution in [2.24, 2.45) is 11.7 Å². The summed E-state index contributed by atoms with van der Waals surface area (Å²) in [7, 11) is 4.32. The third kappa shape index (κ3) is 3.21. The zero-order valence-electron chi connectivity index (χ0n) is 11.7. The van der Waals surface area contributed by atoms with Gasteiger partial charge in [0.1, 0.15) is 5.82 Å². The fourth-order valence-electron chi connectivity index (χ4n) is 2.69. The van der Waals surface area contributed by atoms with Crippen molar-refractivity contribution in [2.45, 2.75) is 19.9 Å². The SMILES string of the molecule is Cc1cc(CN)cc(N(C)CC2CCN(C)C2)n1. The molecule has 2 N–H and O–H groups in total. The van der Waals surface area contributed by atoms with Gasteiger partial charge in [-0.3, -0.25) is 0 Å². The van der Waals surface area contributed by atoms with E-state index >= 15 is 0 Å². The molecule has 2 rings (SSSR count). The largest absolute Gasteiger partial charge is 0.359 e. The van der Waals surface area contributed by atoms with Crippen LogP contribution >= 0.6 is 0 Å². The van der Waals surface area contributed by atoms with Crippen molar-refractivity contribution in [2.75, 3.05) is 38.6 Å². The van der Waals surface area contributed by atoms with Gasteiger partial charge in [0, 0.05) is 32.4 Å². The van der Waals surface area contributed by atoms with Crippen molar-refractivity contribution < 1.29 is 0 Å². The van der Waals surface area contributed by atoms with Gasteiger partial charge in [-0.2, -0.15) is 0 Å². The molecule has 0 spiro atoms. The van der Waals surface area contributed by atoms with Gasteiger partial charge < -0.3 is 15.5 Å². The molecule has 100 valence electrons. The van der Waals surface area contributed by atoms with E-state index in [9.17, 15) is 0 Å². The van der Waals surface area contributed by atoms with E-state index in [0.29, 0.717) is 6.54 Å². The predicted molar refractivity (Wildman–Crippen MR) is 75.7 cm³/mol. The first kappa shape index (κ1) is 13.3. The van der Waals surface area contributed by atoms with Crippen LogP contribution in [-0.2, 0) is 6.54 Å². The highest BCUT2D eigenvalue weighted by Crippen LogP contribution is 2.19. The molecule has 1 saturated heterocycles. The smallest absolute Gasteiger partial charge is 0.128 e. The molecule has 1 aliphatic rings. The average molecular weight is 248 g/mol. The Hall–Kier alpha value is -1.13. The number of aryl methyl sites for hydroxylation is 1. The summed E-state index contributed by atoms with van der Waals surface area (Å²) in [4.78, 5) is 9.26. The van der Waals surface area contributed by atoms with Crippen molar-refractivity contribution in [3.8, 4) is 0 Å². The molecule has 1 unspecified atom stereocenters. The number of nitrogens with two attached hydrogens (primary N) is 1. The minimum Gasteiger partial charge on any atom is -0.359 e. The van der Waals surface area contributed by atoms with E-state index in [0.717, 1.165) is 29.5 Å². The van der Waals surface area contributed by atoms with E-state index in [4.69, 9.17) is 5.73 Å². The van der Waals surface area contributed by atoms with E-state index < -0.39 is 0 Å². The van der Waals surface area contributed by atoms with Gasteiger partial charge in [-0.25, -0.2) is 4.98 Å². The Morgan fingerprint density at radius 3 is 2.89 bits per heavy atom. The summed E-state index contributed by atoms with van der Waals surface area (Å²) >= 11 is 0. The maximum atomic E-state index is 5.72. The summed E-state index contributed by atoms with van der Waals surface area (Å²) < 4.78 is 0. The number of anilines is 1. The summed E-state index contributed by atoms with van der Waals surface area (Å²) in [5.41, 5.74) is 7.92. The van der Waals surface area contributed by atoms with Crippen molar-refractivity contribution >= 4 is 5.82 Å². The molecule has 1 fully saturated rings. The minimum absolute atomic E-state index is 0.580. The van der Waals surface area contributed by atoms with Crippen LogP contribution in [0.5, 0.6) is 0 Å². The number of hydrogen-bond donors (Lipinski definition) is 1. The van der Waals surface area contributed by atoms with Crippen LogP contribution in [0.15, 0.2) is 12.1 Å². The highest BCUT2D eigenvalue weighted by Gasteiger charge is 2.21. The predicted octanol–water partition coefficient (Wildman–Crippen LogP) is 1.24. The van der Waals surface area contributed by atoms with Crippen LogP contribution in [0.1, 0.15) is 17.7 Å². The molecule has 2 heterocycles. The Morgan fingerprint density at radius 1 is 1.50 bits per heavy atom. The summed E-state index contributed by atoms with van der Waals surface area (Å²) in [6.45, 7) is 6.09. The van der Waals surface area contributed by atoms with Gasteiger partial charge in [0.25, 0.3) is 0 Å². The van der Waals surface area contributed by atoms with Crippen LogP contribution in [0.3, 0.4) is 0 Å². The lowest BCUT2D eigenvalue weighted by Crippen LogP contribution is -2.28. The molecule has 0 aromatic carbocycles. The number of hydrogen-bond acceptors (Lipinski definition) is 4. The molecule has 1 aromatic rings. The maximum Gasteiger partial charge on any atom is 0.128 e. The Kier molecular flexibility index (Phi) is 4.19. The number of nitrogens with zero attached hydrogens (tertiary/aromatic N) is 3. The van der Waals surface area contributed by atoms with Gasteiger partial charge in [0.05, 0.1) is 0 Å². The maximum absolute atomic E-state index is 5.72. The summed E-state index contributed by atoms with van der Waals surface area (Å²) in [6.07, 6.45) is 1.29. The van der Waals surface area contributed by atoms with E-state index in [1.165, 1.54) is 19.5 Å². The highest BCUT2D eigenvalue weighted by molar-refractivity contribution is 5.42. The van der Waals surface area contributed by atoms with Gasteiger partial charge in [-0.15, -0.1) is 0 Å². The first-order valence-electron chi connectivity index (χ1n) is 6.66. The molecular weight excluding hydrogens is 224 g/mol. The van der Waals surface area contributed by atoms with E-state index in [1.54, 1.807) is 0 Å². The normalized spacial score (nSPS) is 20.3. The highest BCUT2D eigenvalue weighted by atomic mass is 15.2. The van der Waals surface area contributed by atoms with Crippen LogP contribution in [0, 0.1) is 12.8 Å². The second-order valence-electron chi connectivity index (χ2n) is 5.48. The van der Waals surface area contributed by atoms with Crippen molar-refractivity contribution in [3.05, 3.63) is 23.4 Å². The monoisotopic (exact) mass is 248 g/mol. The van der Waals surface area contributed by atoms with Crippen molar-refractivity contribution in [1.82, 2.24) is 9.88 Å². The molecule has 0 radical (unpaired) electrons. The molecule has 18 heavy (non-hydrogen) atoms. The fourth-order valence-corrected chi connectivity index (χ4v) is 2.69. The molecular formula is C14H24N4. The standard InChI is InChI=1S/C14H24N4/c1-11-6-13(8-15)7-14(16-11)18(3)10-12-4-5-17(2)9-12/h6-7,12H,4-5,8-10,15H2,1-3H3. The number of aromatic nitrogens is 1. The third-order valence-corrected chi connectivity index (χ3v) is 3.65. The Labute approximate surface area is 110 Å². The van der Waals surface area contributed by atoms with E-state index in [1.807, 2.05) is 6.92 Å². The minimum atomic E-state index is 0.580. The van der Waals surface area contributed by atoms with Gasteiger partial charge in [-0.1, -0.05) is 0 Å². The Morgan fingerprint density at radius 2 is 2.28 bits per heavy atom. The van der Waals surface area contributed by atoms with Gasteiger partial charge >= 0.3 is 0 Å². The topological polar surface area (TPSA) is 45.4 Å². The quantitative estimate of drug-likeness (QED) is 0.870. The second kappa shape index (κ2) is 5.67. The zero-order chi connectivity index (χ0) is 13.1. The van der Waals surface area contributed by atoms with Crippen LogP contribution in [0.4, 0.5) is 5.82 Å². The molecule has 0 saturated carbocycles. The number of pyridine rings is 1. The first-order chi connectivity index (χ1) is 8.58. The van der Waals surface area contributed by atoms with Gasteiger partial charge in [0.2, 0.25) is 0 Å².